The van der Waals surface area contributed by atoms with Gasteiger partial charge in [0.1, 0.15) is 18.0 Å². The number of carbonyl (C=O) groups is 1. The lowest BCUT2D eigenvalue weighted by Crippen LogP contribution is -2.44. The SMILES string of the molecule is CN(C)C1(c2ccccc2)CCC(Cc2cc(O[C@@H]3CN[C@H](C(=O)O)C3)c(F)cc2F)CC1. The van der Waals surface area contributed by atoms with Crippen molar-refractivity contribution in [1.29, 1.82) is 0 Å². The number of ether oxygens (including phenoxy) is 1. The van der Waals surface area contributed by atoms with Gasteiger partial charge in [-0.15, -0.1) is 0 Å². The van der Waals surface area contributed by atoms with Gasteiger partial charge in [0.15, 0.2) is 11.6 Å². The second-order valence-electron chi connectivity index (χ2n) is 9.59. The largest absolute Gasteiger partial charge is 0.486 e. The van der Waals surface area contributed by atoms with E-state index in [0.29, 0.717) is 24.4 Å². The Kier molecular flexibility index (Phi) is 7.00. The van der Waals surface area contributed by atoms with E-state index in [-0.39, 0.29) is 17.7 Å². The summed E-state index contributed by atoms with van der Waals surface area (Å²) in [6.07, 6.45) is 4.17. The Morgan fingerprint density at radius 3 is 2.45 bits per heavy atom. The van der Waals surface area contributed by atoms with Crippen molar-refractivity contribution in [2.75, 3.05) is 20.6 Å². The Bertz CT molecular complexity index is 975. The van der Waals surface area contributed by atoms with Gasteiger partial charge in [-0.1, -0.05) is 30.3 Å². The molecule has 33 heavy (non-hydrogen) atoms. The summed E-state index contributed by atoms with van der Waals surface area (Å²) in [5.74, 6) is -1.97. The highest BCUT2D eigenvalue weighted by Crippen LogP contribution is 2.44. The Hall–Kier alpha value is -2.51. The molecular formula is C26H32F2N2O3. The van der Waals surface area contributed by atoms with E-state index in [9.17, 15) is 13.6 Å². The lowest BCUT2D eigenvalue weighted by Gasteiger charge is -2.45. The zero-order valence-corrected chi connectivity index (χ0v) is 19.2. The molecule has 0 aromatic heterocycles. The molecule has 0 amide bonds. The van der Waals surface area contributed by atoms with Crippen LogP contribution in [-0.4, -0.2) is 48.8 Å². The van der Waals surface area contributed by atoms with E-state index in [0.717, 1.165) is 31.7 Å². The van der Waals surface area contributed by atoms with Crippen LogP contribution in [0.15, 0.2) is 42.5 Å². The molecular weight excluding hydrogens is 426 g/mol. The topological polar surface area (TPSA) is 61.8 Å². The van der Waals surface area contributed by atoms with Crippen molar-refractivity contribution < 1.29 is 23.4 Å². The highest BCUT2D eigenvalue weighted by atomic mass is 19.1. The standard InChI is InChI=1S/C26H32F2N2O3/c1-30(2)26(19-6-4-3-5-7-19)10-8-17(9-11-26)12-18-13-24(22(28)15-21(18)27)33-20-14-23(25(31)32)29-16-20/h3-7,13,15,17,20,23,29H,8-12,14,16H2,1-2H3,(H,31,32)/t17?,20-,23-,26?/m0/s1. The molecule has 0 unspecified atom stereocenters. The highest BCUT2D eigenvalue weighted by Gasteiger charge is 2.39. The minimum atomic E-state index is -0.956. The van der Waals surface area contributed by atoms with E-state index in [1.165, 1.54) is 11.6 Å². The molecule has 1 heterocycles. The summed E-state index contributed by atoms with van der Waals surface area (Å²) in [5.41, 5.74) is 1.74. The fourth-order valence-electron chi connectivity index (χ4n) is 5.39. The number of rotatable bonds is 7. The van der Waals surface area contributed by atoms with Crippen LogP contribution >= 0.6 is 0 Å². The van der Waals surface area contributed by atoms with Crippen molar-refractivity contribution in [1.82, 2.24) is 10.2 Å². The van der Waals surface area contributed by atoms with Gasteiger partial charge in [-0.3, -0.25) is 9.69 Å². The van der Waals surface area contributed by atoms with E-state index in [4.69, 9.17) is 9.84 Å². The fourth-order valence-corrected chi connectivity index (χ4v) is 5.39. The normalized spacial score (nSPS) is 27.6. The van der Waals surface area contributed by atoms with Crippen molar-refractivity contribution in [2.24, 2.45) is 5.92 Å². The number of carboxylic acids is 1. The summed E-state index contributed by atoms with van der Waals surface area (Å²) in [7, 11) is 4.23. The molecule has 2 atom stereocenters. The zero-order chi connectivity index (χ0) is 23.6. The summed E-state index contributed by atoms with van der Waals surface area (Å²) in [5, 5.41) is 12.0. The molecule has 2 aromatic carbocycles. The molecule has 0 spiro atoms. The zero-order valence-electron chi connectivity index (χ0n) is 19.2. The molecule has 4 rings (SSSR count). The quantitative estimate of drug-likeness (QED) is 0.646. The summed E-state index contributed by atoms with van der Waals surface area (Å²) < 4.78 is 34.7. The van der Waals surface area contributed by atoms with Crippen molar-refractivity contribution in [3.05, 3.63) is 65.2 Å². The minimum absolute atomic E-state index is 0.00743. The van der Waals surface area contributed by atoms with Gasteiger partial charge in [-0.25, -0.2) is 8.78 Å². The second-order valence-corrected chi connectivity index (χ2v) is 9.59. The third-order valence-corrected chi connectivity index (χ3v) is 7.39. The smallest absolute Gasteiger partial charge is 0.320 e. The van der Waals surface area contributed by atoms with E-state index < -0.39 is 29.7 Å². The number of hydrogen-bond acceptors (Lipinski definition) is 4. The number of aliphatic carboxylic acids is 1. The predicted octanol–water partition coefficient (Wildman–Crippen LogP) is 4.35. The van der Waals surface area contributed by atoms with Gasteiger partial charge in [0.25, 0.3) is 0 Å². The molecule has 2 aromatic rings. The molecule has 2 aliphatic rings. The van der Waals surface area contributed by atoms with Crippen LogP contribution in [0.25, 0.3) is 0 Å². The second kappa shape index (κ2) is 9.77. The van der Waals surface area contributed by atoms with Gasteiger partial charge in [-0.2, -0.15) is 0 Å². The summed E-state index contributed by atoms with van der Waals surface area (Å²) in [6.45, 7) is 0.317. The van der Waals surface area contributed by atoms with Gasteiger partial charge in [0.05, 0.1) is 0 Å². The lowest BCUT2D eigenvalue weighted by molar-refractivity contribution is -0.139. The van der Waals surface area contributed by atoms with Crippen molar-refractivity contribution >= 4 is 5.97 Å². The van der Waals surface area contributed by atoms with Gasteiger partial charge < -0.3 is 15.2 Å². The van der Waals surface area contributed by atoms with Crippen LogP contribution in [-0.2, 0) is 16.8 Å². The summed E-state index contributed by atoms with van der Waals surface area (Å²) in [4.78, 5) is 13.4. The molecule has 0 bridgehead atoms. The molecule has 0 radical (unpaired) electrons. The van der Waals surface area contributed by atoms with E-state index >= 15 is 0 Å². The van der Waals surface area contributed by atoms with Crippen LogP contribution in [0.5, 0.6) is 5.75 Å². The third-order valence-electron chi connectivity index (χ3n) is 7.39. The molecule has 178 valence electrons. The fraction of sp³-hybridized carbons (Fsp3) is 0.500. The van der Waals surface area contributed by atoms with Gasteiger partial charge in [-0.05, 0) is 69.3 Å². The first-order chi connectivity index (χ1) is 15.8. The van der Waals surface area contributed by atoms with Crippen molar-refractivity contribution in [3.8, 4) is 5.75 Å². The maximum atomic E-state index is 14.6. The number of hydrogen-bond donors (Lipinski definition) is 2. The van der Waals surface area contributed by atoms with E-state index in [2.05, 4.69) is 48.6 Å². The summed E-state index contributed by atoms with van der Waals surface area (Å²) >= 11 is 0. The molecule has 1 aliphatic carbocycles. The Balaban J connectivity index is 1.43. The van der Waals surface area contributed by atoms with E-state index in [1.807, 2.05) is 6.07 Å². The van der Waals surface area contributed by atoms with Gasteiger partial charge >= 0.3 is 5.97 Å². The van der Waals surface area contributed by atoms with Crippen LogP contribution in [0, 0.1) is 17.6 Å². The minimum Gasteiger partial charge on any atom is -0.486 e. The van der Waals surface area contributed by atoms with Gasteiger partial charge in [0.2, 0.25) is 0 Å². The average Bonchev–Trinajstić information content (AvgIpc) is 3.27. The van der Waals surface area contributed by atoms with Crippen LogP contribution in [0.1, 0.15) is 43.2 Å². The number of benzene rings is 2. The van der Waals surface area contributed by atoms with Crippen molar-refractivity contribution in [3.63, 3.8) is 0 Å². The molecule has 1 saturated carbocycles. The van der Waals surface area contributed by atoms with Crippen LogP contribution in [0.2, 0.25) is 0 Å². The summed E-state index contributed by atoms with van der Waals surface area (Å²) in [6, 6.07) is 12.2. The van der Waals surface area contributed by atoms with Crippen LogP contribution in [0.4, 0.5) is 8.78 Å². The molecule has 2 N–H and O–H groups in total. The maximum absolute atomic E-state index is 14.6. The first-order valence-corrected chi connectivity index (χ1v) is 11.6. The predicted molar refractivity (Wildman–Crippen MR) is 122 cm³/mol. The maximum Gasteiger partial charge on any atom is 0.320 e. The lowest BCUT2D eigenvalue weighted by atomic mass is 9.70. The van der Waals surface area contributed by atoms with Crippen molar-refractivity contribution in [2.45, 2.75) is 56.2 Å². The average molecular weight is 459 g/mol. The highest BCUT2D eigenvalue weighted by molar-refractivity contribution is 5.73. The molecule has 7 heteroatoms. The first kappa shape index (κ1) is 23.6. The molecule has 2 fully saturated rings. The molecule has 1 saturated heterocycles. The number of nitrogens with one attached hydrogen (secondary N) is 1. The number of halogens is 2. The number of carboxylic acid groups (broad SMARTS) is 1. The first-order valence-electron chi connectivity index (χ1n) is 11.6. The Labute approximate surface area is 193 Å². The third kappa shape index (κ3) is 5.04. The molecule has 5 nitrogen and oxygen atoms in total. The van der Waals surface area contributed by atoms with E-state index in [1.54, 1.807) is 0 Å². The monoisotopic (exact) mass is 458 g/mol. The Morgan fingerprint density at radius 2 is 1.85 bits per heavy atom. The van der Waals surface area contributed by atoms with Crippen LogP contribution < -0.4 is 10.1 Å². The van der Waals surface area contributed by atoms with Gasteiger partial charge in [0, 0.05) is 24.6 Å². The molecule has 1 aliphatic heterocycles. The Morgan fingerprint density at radius 1 is 1.15 bits per heavy atom. The van der Waals surface area contributed by atoms with Crippen LogP contribution in [0.3, 0.4) is 0 Å². The number of nitrogens with zero attached hydrogens (tertiary/aromatic N) is 1.